The number of rotatable bonds is 5. The fourth-order valence-electron chi connectivity index (χ4n) is 3.76. The van der Waals surface area contributed by atoms with Crippen molar-refractivity contribution in [1.82, 2.24) is 21.0 Å². The largest absolute Gasteiger partial charge is 0.339 e. The number of amidine groups is 1. The van der Waals surface area contributed by atoms with Gasteiger partial charge in [-0.1, -0.05) is 41.4 Å². The number of quaternary nitrogens is 1. The van der Waals surface area contributed by atoms with Crippen molar-refractivity contribution in [3.05, 3.63) is 64.8 Å². The number of aromatic nitrogens is 2. The summed E-state index contributed by atoms with van der Waals surface area (Å²) in [5, 5.41) is 7.89. The van der Waals surface area contributed by atoms with Gasteiger partial charge < -0.3 is 5.32 Å². The van der Waals surface area contributed by atoms with E-state index in [1.54, 1.807) is 12.1 Å². The first-order chi connectivity index (χ1) is 15.5. The van der Waals surface area contributed by atoms with E-state index in [1.807, 2.05) is 41.8 Å². The number of hydrazone groups is 1. The first-order valence-corrected chi connectivity index (χ1v) is 12.2. The Hall–Kier alpha value is -3.05. The molecule has 164 valence electrons. The molecule has 9 nitrogen and oxygen atoms in total. The lowest BCUT2D eigenvalue weighted by atomic mass is 10.1. The summed E-state index contributed by atoms with van der Waals surface area (Å²) < 4.78 is 25.7. The molecule has 2 aliphatic heterocycles. The van der Waals surface area contributed by atoms with Gasteiger partial charge in [0.1, 0.15) is 4.90 Å². The van der Waals surface area contributed by atoms with Crippen LogP contribution in [0.1, 0.15) is 17.7 Å². The number of sulfone groups is 1. The normalized spacial score (nSPS) is 16.7. The third-order valence-corrected chi connectivity index (χ3v) is 7.37. The number of halogens is 1. The van der Waals surface area contributed by atoms with Crippen LogP contribution in [0.5, 0.6) is 0 Å². The SMILES string of the molecule is O=S1(=O)CCCc2nc(-c3cccc(Cl)c3)nc(Nc3ccc(CC4=NNN[NH2+]4)cc3)c21. The summed E-state index contributed by atoms with van der Waals surface area (Å²) in [6.45, 7) is 0. The van der Waals surface area contributed by atoms with Crippen LogP contribution in [0.25, 0.3) is 11.4 Å². The van der Waals surface area contributed by atoms with Crippen molar-refractivity contribution in [2.24, 2.45) is 5.10 Å². The monoisotopic (exact) mass is 470 g/mol. The second-order valence-corrected chi connectivity index (χ2v) is 10.1. The minimum atomic E-state index is -3.47. The molecule has 0 bridgehead atoms. The summed E-state index contributed by atoms with van der Waals surface area (Å²) in [4.78, 5) is 9.36. The maximum Gasteiger partial charge on any atom is 0.243 e. The van der Waals surface area contributed by atoms with E-state index in [0.717, 1.165) is 22.6 Å². The van der Waals surface area contributed by atoms with Gasteiger partial charge in [0.2, 0.25) is 5.84 Å². The number of hydrazine groups is 1. The summed E-state index contributed by atoms with van der Waals surface area (Å²) in [5.41, 5.74) is 10.4. The third kappa shape index (κ3) is 4.30. The zero-order valence-corrected chi connectivity index (χ0v) is 18.5. The van der Waals surface area contributed by atoms with Gasteiger partial charge in [0.25, 0.3) is 0 Å². The number of benzene rings is 2. The third-order valence-electron chi connectivity index (χ3n) is 5.26. The van der Waals surface area contributed by atoms with E-state index < -0.39 is 9.84 Å². The Labute approximate surface area is 190 Å². The zero-order chi connectivity index (χ0) is 22.1. The van der Waals surface area contributed by atoms with Crippen LogP contribution in [-0.4, -0.2) is 30.0 Å². The summed E-state index contributed by atoms with van der Waals surface area (Å²) in [5.74, 6) is 1.72. The van der Waals surface area contributed by atoms with Gasteiger partial charge in [-0.2, -0.15) is 5.53 Å². The lowest BCUT2D eigenvalue weighted by Gasteiger charge is -2.20. The van der Waals surface area contributed by atoms with E-state index in [4.69, 9.17) is 11.6 Å². The van der Waals surface area contributed by atoms with Gasteiger partial charge >= 0.3 is 0 Å². The quantitative estimate of drug-likeness (QED) is 0.418. The van der Waals surface area contributed by atoms with Crippen LogP contribution in [0.2, 0.25) is 5.02 Å². The van der Waals surface area contributed by atoms with Crippen molar-refractivity contribution in [1.29, 1.82) is 0 Å². The predicted octanol–water partition coefficient (Wildman–Crippen LogP) is 1.70. The average Bonchev–Trinajstić information content (AvgIpc) is 3.27. The molecule has 11 heteroatoms. The molecule has 0 saturated carbocycles. The number of nitrogens with zero attached hydrogens (tertiary/aromatic N) is 3. The number of nitrogens with two attached hydrogens (primary N) is 1. The van der Waals surface area contributed by atoms with Crippen LogP contribution in [0.4, 0.5) is 11.5 Å². The summed E-state index contributed by atoms with van der Waals surface area (Å²) in [7, 11) is -3.47. The molecule has 0 spiro atoms. The molecular formula is C21H21ClN7O2S+. The van der Waals surface area contributed by atoms with Gasteiger partial charge in [0, 0.05) is 16.3 Å². The van der Waals surface area contributed by atoms with Crippen LogP contribution in [-0.2, 0) is 22.7 Å². The highest BCUT2D eigenvalue weighted by Crippen LogP contribution is 2.33. The summed E-state index contributed by atoms with van der Waals surface area (Å²) in [6.07, 6.45) is 1.80. The van der Waals surface area contributed by atoms with Crippen LogP contribution in [0.3, 0.4) is 0 Å². The number of aryl methyl sites for hydroxylation is 1. The molecule has 0 radical (unpaired) electrons. The molecule has 3 heterocycles. The molecule has 3 aromatic rings. The highest BCUT2D eigenvalue weighted by Gasteiger charge is 2.30. The molecule has 0 atom stereocenters. The van der Waals surface area contributed by atoms with E-state index in [2.05, 4.69) is 31.5 Å². The Kier molecular flexibility index (Phi) is 5.51. The fourth-order valence-corrected chi connectivity index (χ4v) is 5.58. The molecule has 1 aromatic heterocycles. The lowest BCUT2D eigenvalue weighted by Crippen LogP contribution is -2.95. The molecule has 2 aromatic carbocycles. The first kappa shape index (κ1) is 20.8. The summed E-state index contributed by atoms with van der Waals surface area (Å²) >= 11 is 6.14. The highest BCUT2D eigenvalue weighted by molar-refractivity contribution is 7.91. The average molecular weight is 471 g/mol. The second kappa shape index (κ2) is 8.47. The Morgan fingerprint density at radius 2 is 1.97 bits per heavy atom. The van der Waals surface area contributed by atoms with E-state index >= 15 is 0 Å². The Morgan fingerprint density at radius 3 is 2.72 bits per heavy atom. The number of anilines is 2. The highest BCUT2D eigenvalue weighted by atomic mass is 35.5. The molecular weight excluding hydrogens is 450 g/mol. The smallest absolute Gasteiger partial charge is 0.243 e. The van der Waals surface area contributed by atoms with Crippen molar-refractivity contribution in [3.63, 3.8) is 0 Å². The standard InChI is InChI=1S/C21H20ClN7O2S/c22-15-4-1-3-14(12-15)20-24-17-5-2-10-32(30,31)19(17)21(25-20)23-16-8-6-13(7-9-16)11-18-26-28-29-27-18/h1,3-4,6-9,12,28-29H,2,5,10-11H2,(H,26,27)(H,23,24,25)/p+1. The van der Waals surface area contributed by atoms with E-state index in [-0.39, 0.29) is 10.6 Å². The number of hydrogen-bond acceptors (Lipinski definition) is 8. The van der Waals surface area contributed by atoms with E-state index in [0.29, 0.717) is 41.6 Å². The summed E-state index contributed by atoms with van der Waals surface area (Å²) in [6, 6.07) is 15.0. The molecule has 5 N–H and O–H groups in total. The number of nitrogens with one attached hydrogen (secondary N) is 3. The van der Waals surface area contributed by atoms with E-state index in [1.165, 1.54) is 0 Å². The maximum atomic E-state index is 12.9. The van der Waals surface area contributed by atoms with Crippen LogP contribution < -0.4 is 21.8 Å². The maximum absolute atomic E-state index is 12.9. The van der Waals surface area contributed by atoms with Gasteiger partial charge in [0.15, 0.2) is 21.5 Å². The predicted molar refractivity (Wildman–Crippen MR) is 122 cm³/mol. The molecule has 0 aliphatic carbocycles. The minimum Gasteiger partial charge on any atom is -0.339 e. The minimum absolute atomic E-state index is 0.0914. The number of fused-ring (bicyclic) bond motifs is 1. The zero-order valence-electron chi connectivity index (χ0n) is 17.0. The van der Waals surface area contributed by atoms with Crippen molar-refractivity contribution in [2.45, 2.75) is 24.2 Å². The van der Waals surface area contributed by atoms with Gasteiger partial charge in [-0.3, -0.25) is 0 Å². The molecule has 2 aliphatic rings. The Bertz CT molecular complexity index is 1310. The van der Waals surface area contributed by atoms with E-state index in [9.17, 15) is 8.42 Å². The topological polar surface area (TPSA) is 125 Å². The molecule has 32 heavy (non-hydrogen) atoms. The second-order valence-electron chi connectivity index (χ2n) is 7.61. The number of hydrogen-bond donors (Lipinski definition) is 4. The molecule has 0 saturated heterocycles. The van der Waals surface area contributed by atoms with Crippen molar-refractivity contribution in [2.75, 3.05) is 11.1 Å². The fraction of sp³-hybridized carbons (Fsp3) is 0.190. The molecule has 0 fully saturated rings. The Balaban J connectivity index is 1.51. The molecule has 0 unspecified atom stereocenters. The van der Waals surface area contributed by atoms with Crippen molar-refractivity contribution < 1.29 is 13.8 Å². The molecule has 5 rings (SSSR count). The first-order valence-electron chi connectivity index (χ1n) is 10.1. The lowest BCUT2D eigenvalue weighted by molar-refractivity contribution is -0.604. The molecule has 0 amide bonds. The van der Waals surface area contributed by atoms with Crippen molar-refractivity contribution >= 4 is 38.8 Å². The van der Waals surface area contributed by atoms with Crippen LogP contribution in [0.15, 0.2) is 58.5 Å². The van der Waals surface area contributed by atoms with Gasteiger partial charge in [-0.25, -0.2) is 23.8 Å². The van der Waals surface area contributed by atoms with Crippen LogP contribution >= 0.6 is 11.6 Å². The van der Waals surface area contributed by atoms with Crippen LogP contribution in [0, 0.1) is 0 Å². The van der Waals surface area contributed by atoms with Gasteiger partial charge in [0.05, 0.1) is 17.9 Å². The Morgan fingerprint density at radius 1 is 1.12 bits per heavy atom. The van der Waals surface area contributed by atoms with Crippen molar-refractivity contribution in [3.8, 4) is 11.4 Å². The van der Waals surface area contributed by atoms with Gasteiger partial charge in [-0.15, -0.1) is 5.10 Å². The van der Waals surface area contributed by atoms with Gasteiger partial charge in [-0.05, 0) is 42.7 Å².